The van der Waals surface area contributed by atoms with Crippen molar-refractivity contribution >= 4 is 21.6 Å². The van der Waals surface area contributed by atoms with E-state index < -0.39 is 15.8 Å². The van der Waals surface area contributed by atoms with Gasteiger partial charge < -0.3 is 5.32 Å². The molecule has 1 aromatic rings. The fourth-order valence-corrected chi connectivity index (χ4v) is 2.01. The van der Waals surface area contributed by atoms with E-state index in [4.69, 9.17) is 11.6 Å². The smallest absolute Gasteiger partial charge is 0.212 e. The maximum Gasteiger partial charge on any atom is 0.212 e. The molecule has 0 spiro atoms. The molecule has 0 fully saturated rings. The third kappa shape index (κ3) is 4.99. The van der Waals surface area contributed by atoms with Crippen LogP contribution in [0.3, 0.4) is 0 Å². The van der Waals surface area contributed by atoms with Gasteiger partial charge in [-0.05, 0) is 24.7 Å². The van der Waals surface area contributed by atoms with Crippen molar-refractivity contribution < 1.29 is 12.8 Å². The molecule has 17 heavy (non-hydrogen) atoms. The van der Waals surface area contributed by atoms with Crippen LogP contribution in [0.2, 0.25) is 5.02 Å². The lowest BCUT2D eigenvalue weighted by atomic mass is 10.2. The maximum atomic E-state index is 12.8. The van der Waals surface area contributed by atoms with E-state index in [1.165, 1.54) is 19.2 Å². The van der Waals surface area contributed by atoms with Crippen LogP contribution in [0.1, 0.15) is 5.56 Å². The summed E-state index contributed by atoms with van der Waals surface area (Å²) in [5, 5.41) is 3.00. The van der Waals surface area contributed by atoms with Crippen LogP contribution in [0.4, 0.5) is 4.39 Å². The Kier molecular flexibility index (Phi) is 5.32. The van der Waals surface area contributed by atoms with Crippen molar-refractivity contribution in [1.82, 2.24) is 10.0 Å². The SMILES string of the molecule is CNS(=O)(=O)CCNCc1ccc(F)c(Cl)c1. The Bertz CT molecular complexity index is 479. The lowest BCUT2D eigenvalue weighted by molar-refractivity contribution is 0.583. The molecule has 0 amide bonds. The third-order valence-electron chi connectivity index (χ3n) is 2.17. The summed E-state index contributed by atoms with van der Waals surface area (Å²) >= 11 is 5.61. The lowest BCUT2D eigenvalue weighted by Crippen LogP contribution is -2.29. The number of nitrogens with one attached hydrogen (secondary N) is 2. The lowest BCUT2D eigenvalue weighted by Gasteiger charge is -2.06. The average molecular weight is 281 g/mol. The number of sulfonamides is 1. The van der Waals surface area contributed by atoms with Gasteiger partial charge in [0.2, 0.25) is 10.0 Å². The van der Waals surface area contributed by atoms with Crippen molar-refractivity contribution in [2.75, 3.05) is 19.3 Å². The normalized spacial score (nSPS) is 11.7. The molecule has 1 rings (SSSR count). The highest BCUT2D eigenvalue weighted by atomic mass is 35.5. The van der Waals surface area contributed by atoms with E-state index >= 15 is 0 Å². The van der Waals surface area contributed by atoms with Gasteiger partial charge in [0.05, 0.1) is 10.8 Å². The van der Waals surface area contributed by atoms with Gasteiger partial charge in [-0.15, -0.1) is 0 Å². The van der Waals surface area contributed by atoms with Crippen molar-refractivity contribution in [3.8, 4) is 0 Å². The zero-order chi connectivity index (χ0) is 12.9. The second-order valence-electron chi connectivity index (χ2n) is 3.45. The van der Waals surface area contributed by atoms with E-state index in [0.29, 0.717) is 13.1 Å². The van der Waals surface area contributed by atoms with Gasteiger partial charge in [-0.25, -0.2) is 17.5 Å². The molecule has 0 bridgehead atoms. The van der Waals surface area contributed by atoms with E-state index in [1.807, 2.05) is 0 Å². The van der Waals surface area contributed by atoms with Crippen LogP contribution in [0.5, 0.6) is 0 Å². The molecule has 0 radical (unpaired) electrons. The van der Waals surface area contributed by atoms with Crippen molar-refractivity contribution in [3.05, 3.63) is 34.6 Å². The quantitative estimate of drug-likeness (QED) is 0.768. The van der Waals surface area contributed by atoms with Gasteiger partial charge in [0.1, 0.15) is 5.82 Å². The molecule has 0 saturated heterocycles. The van der Waals surface area contributed by atoms with E-state index in [9.17, 15) is 12.8 Å². The first-order chi connectivity index (χ1) is 7.94. The molecule has 0 aromatic heterocycles. The van der Waals surface area contributed by atoms with E-state index in [1.54, 1.807) is 6.07 Å². The molecule has 4 nitrogen and oxygen atoms in total. The summed E-state index contributed by atoms with van der Waals surface area (Å²) in [7, 11) is -1.82. The summed E-state index contributed by atoms with van der Waals surface area (Å²) in [6.07, 6.45) is 0. The fourth-order valence-electron chi connectivity index (χ4n) is 1.19. The average Bonchev–Trinajstić information content (AvgIpc) is 2.29. The second-order valence-corrected chi connectivity index (χ2v) is 5.90. The van der Waals surface area contributed by atoms with Gasteiger partial charge in [0.25, 0.3) is 0 Å². The zero-order valence-corrected chi connectivity index (χ0v) is 10.9. The van der Waals surface area contributed by atoms with Gasteiger partial charge in [0, 0.05) is 13.1 Å². The Morgan fingerprint density at radius 2 is 2.12 bits per heavy atom. The molecular weight excluding hydrogens is 267 g/mol. The fraction of sp³-hybridized carbons (Fsp3) is 0.400. The molecule has 1 aromatic carbocycles. The standard InChI is InChI=1S/C10H14ClFN2O2S/c1-13-17(15,16)5-4-14-7-8-2-3-10(12)9(11)6-8/h2-3,6,13-14H,4-5,7H2,1H3. The predicted molar refractivity (Wildman–Crippen MR) is 66.0 cm³/mol. The maximum absolute atomic E-state index is 12.8. The number of benzene rings is 1. The summed E-state index contributed by atoms with van der Waals surface area (Å²) < 4.78 is 37.2. The molecular formula is C10H14ClFN2O2S. The molecule has 7 heteroatoms. The first-order valence-corrected chi connectivity index (χ1v) is 7.03. The van der Waals surface area contributed by atoms with Crippen molar-refractivity contribution in [1.29, 1.82) is 0 Å². The van der Waals surface area contributed by atoms with Crippen molar-refractivity contribution in [2.45, 2.75) is 6.54 Å². The number of hydrogen-bond acceptors (Lipinski definition) is 3. The largest absolute Gasteiger partial charge is 0.312 e. The molecule has 0 heterocycles. The summed E-state index contributed by atoms with van der Waals surface area (Å²) in [4.78, 5) is 0. The van der Waals surface area contributed by atoms with Crippen LogP contribution in [0, 0.1) is 5.82 Å². The van der Waals surface area contributed by atoms with Crippen molar-refractivity contribution in [3.63, 3.8) is 0 Å². The van der Waals surface area contributed by atoms with E-state index in [-0.39, 0.29) is 10.8 Å². The number of halogens is 2. The molecule has 0 unspecified atom stereocenters. The van der Waals surface area contributed by atoms with Crippen molar-refractivity contribution in [2.24, 2.45) is 0 Å². The van der Waals surface area contributed by atoms with Crippen LogP contribution >= 0.6 is 11.6 Å². The molecule has 0 aliphatic carbocycles. The first-order valence-electron chi connectivity index (χ1n) is 5.00. The molecule has 0 aliphatic heterocycles. The van der Waals surface area contributed by atoms with Crippen LogP contribution in [0.15, 0.2) is 18.2 Å². The highest BCUT2D eigenvalue weighted by Crippen LogP contribution is 2.15. The topological polar surface area (TPSA) is 58.2 Å². The Morgan fingerprint density at radius 1 is 1.41 bits per heavy atom. The van der Waals surface area contributed by atoms with E-state index in [0.717, 1.165) is 5.56 Å². The first kappa shape index (κ1) is 14.4. The van der Waals surface area contributed by atoms with E-state index in [2.05, 4.69) is 10.0 Å². The van der Waals surface area contributed by atoms with Gasteiger partial charge >= 0.3 is 0 Å². The number of rotatable bonds is 6. The number of hydrogen-bond donors (Lipinski definition) is 2. The Morgan fingerprint density at radius 3 is 2.71 bits per heavy atom. The zero-order valence-electron chi connectivity index (χ0n) is 9.33. The monoisotopic (exact) mass is 280 g/mol. The minimum absolute atomic E-state index is 0.00156. The minimum Gasteiger partial charge on any atom is -0.312 e. The summed E-state index contributed by atoms with van der Waals surface area (Å²) in [6, 6.07) is 4.39. The van der Waals surface area contributed by atoms with Crippen LogP contribution in [0.25, 0.3) is 0 Å². The van der Waals surface area contributed by atoms with Gasteiger partial charge in [-0.1, -0.05) is 17.7 Å². The highest BCUT2D eigenvalue weighted by Gasteiger charge is 2.05. The minimum atomic E-state index is -3.19. The predicted octanol–water partition coefficient (Wildman–Crippen LogP) is 1.12. The Hall–Kier alpha value is -0.690. The Labute approximate surface area is 105 Å². The van der Waals surface area contributed by atoms with Gasteiger partial charge in [0.15, 0.2) is 0 Å². The summed E-state index contributed by atoms with van der Waals surface area (Å²) in [5.74, 6) is -0.466. The van der Waals surface area contributed by atoms with Gasteiger partial charge in [-0.2, -0.15) is 0 Å². The molecule has 96 valence electrons. The molecule has 0 saturated carbocycles. The molecule has 0 aliphatic rings. The van der Waals surface area contributed by atoms with Crippen LogP contribution in [-0.4, -0.2) is 27.8 Å². The van der Waals surface area contributed by atoms with Gasteiger partial charge in [-0.3, -0.25) is 0 Å². The molecule has 0 atom stereocenters. The summed E-state index contributed by atoms with van der Waals surface area (Å²) in [6.45, 7) is 0.761. The van der Waals surface area contributed by atoms with Crippen LogP contribution in [-0.2, 0) is 16.6 Å². The van der Waals surface area contributed by atoms with Crippen LogP contribution < -0.4 is 10.0 Å². The second kappa shape index (κ2) is 6.30. The Balaban J connectivity index is 2.39. The highest BCUT2D eigenvalue weighted by molar-refractivity contribution is 7.89. The summed E-state index contributed by atoms with van der Waals surface area (Å²) in [5.41, 5.74) is 0.804. The molecule has 2 N–H and O–H groups in total. The third-order valence-corrected chi connectivity index (χ3v) is 3.82.